The third-order valence-corrected chi connectivity index (χ3v) is 7.31. The van der Waals surface area contributed by atoms with Crippen LogP contribution in [-0.4, -0.2) is 42.9 Å². The molecule has 2 aromatic carbocycles. The van der Waals surface area contributed by atoms with E-state index in [4.69, 9.17) is 21.1 Å². The van der Waals surface area contributed by atoms with E-state index < -0.39 is 5.41 Å². The van der Waals surface area contributed by atoms with E-state index in [0.717, 1.165) is 18.4 Å². The number of likely N-dealkylation sites (tertiary alicyclic amines) is 1. The summed E-state index contributed by atoms with van der Waals surface area (Å²) in [5.74, 6) is 1.26. The second-order valence-electron chi connectivity index (χ2n) is 9.15. The second kappa shape index (κ2) is 9.14. The number of ketones is 1. The molecule has 2 aliphatic rings. The summed E-state index contributed by atoms with van der Waals surface area (Å²) in [5.41, 5.74) is 0.880. The van der Waals surface area contributed by atoms with Gasteiger partial charge in [-0.05, 0) is 74.6 Å². The number of rotatable bonds is 6. The predicted octanol–water partition coefficient (Wildman–Crippen LogP) is 5.50. The summed E-state index contributed by atoms with van der Waals surface area (Å²) >= 11 is 5.97. The highest BCUT2D eigenvalue weighted by molar-refractivity contribution is 6.30. The number of nitrogens with zero attached hydrogens (tertiary/aromatic N) is 1. The number of carbonyl (C=O) groups is 2. The number of ether oxygens (including phenoxy) is 2. The summed E-state index contributed by atoms with van der Waals surface area (Å²) in [4.78, 5) is 27.7. The lowest BCUT2D eigenvalue weighted by Gasteiger charge is -2.28. The Morgan fingerprint density at radius 1 is 1.06 bits per heavy atom. The molecule has 1 aliphatic heterocycles. The predicted molar refractivity (Wildman–Crippen MR) is 125 cm³/mol. The number of methoxy groups -OCH3 is 1. The van der Waals surface area contributed by atoms with Crippen molar-refractivity contribution in [3.05, 3.63) is 58.6 Å². The number of halogens is 1. The van der Waals surface area contributed by atoms with E-state index >= 15 is 0 Å². The van der Waals surface area contributed by atoms with Crippen LogP contribution in [0.2, 0.25) is 5.02 Å². The third-order valence-electron chi connectivity index (χ3n) is 7.06. The lowest BCUT2D eigenvalue weighted by atomic mass is 9.73. The molecule has 170 valence electrons. The topological polar surface area (TPSA) is 55.8 Å². The minimum absolute atomic E-state index is 0.0722. The molecule has 1 amide bonds. The summed E-state index contributed by atoms with van der Waals surface area (Å²) in [6, 6.07) is 12.8. The van der Waals surface area contributed by atoms with Crippen LogP contribution in [0.15, 0.2) is 42.5 Å². The summed E-state index contributed by atoms with van der Waals surface area (Å²) in [5, 5.41) is 0.586. The number of amides is 1. The molecular weight excluding hydrogens is 426 g/mol. The Kier molecular flexibility index (Phi) is 6.47. The van der Waals surface area contributed by atoms with Gasteiger partial charge in [0.1, 0.15) is 5.78 Å². The average molecular weight is 456 g/mol. The Bertz CT molecular complexity index is 999. The van der Waals surface area contributed by atoms with Gasteiger partial charge in [-0.25, -0.2) is 0 Å². The molecule has 0 aromatic heterocycles. The van der Waals surface area contributed by atoms with Gasteiger partial charge in [0.25, 0.3) is 5.91 Å². The van der Waals surface area contributed by atoms with Gasteiger partial charge in [0, 0.05) is 29.6 Å². The maximum Gasteiger partial charge on any atom is 0.253 e. The first-order valence-electron chi connectivity index (χ1n) is 11.2. The molecule has 2 aromatic rings. The van der Waals surface area contributed by atoms with Gasteiger partial charge >= 0.3 is 0 Å². The Hall–Kier alpha value is -2.53. The largest absolute Gasteiger partial charge is 0.493 e. The van der Waals surface area contributed by atoms with Gasteiger partial charge in [0.15, 0.2) is 11.5 Å². The van der Waals surface area contributed by atoms with Crippen LogP contribution in [0.3, 0.4) is 0 Å². The van der Waals surface area contributed by atoms with Crippen molar-refractivity contribution in [3.8, 4) is 11.5 Å². The maximum absolute atomic E-state index is 13.2. The molecular formula is C26H30ClNO4. The number of hydrogen-bond donors (Lipinski definition) is 0. The Labute approximate surface area is 194 Å². The smallest absolute Gasteiger partial charge is 0.253 e. The first kappa shape index (κ1) is 22.7. The van der Waals surface area contributed by atoms with Crippen molar-refractivity contribution in [3.63, 3.8) is 0 Å². The van der Waals surface area contributed by atoms with Crippen LogP contribution < -0.4 is 9.47 Å². The van der Waals surface area contributed by atoms with Crippen molar-refractivity contribution in [1.29, 1.82) is 0 Å². The molecule has 0 spiro atoms. The molecule has 0 N–H and O–H groups in total. The molecule has 4 rings (SSSR count). The fourth-order valence-electron chi connectivity index (χ4n) is 4.94. The van der Waals surface area contributed by atoms with E-state index in [0.29, 0.717) is 35.2 Å². The van der Waals surface area contributed by atoms with Gasteiger partial charge in [-0.2, -0.15) is 0 Å². The maximum atomic E-state index is 13.2. The summed E-state index contributed by atoms with van der Waals surface area (Å²) in [7, 11) is 1.64. The molecule has 2 unspecified atom stereocenters. The van der Waals surface area contributed by atoms with E-state index in [1.807, 2.05) is 25.1 Å². The standard InChI is InChI=1S/C26H30ClNO4/c1-17(29)26(2)16-28(25(30)18-8-11-20(27)12-9-18)15-22(26)19-10-13-23(31-3)24(14-19)32-21-6-4-5-7-21/h8-14,21-22H,4-7,15-16H2,1-3H3. The molecule has 1 saturated carbocycles. The number of carbonyl (C=O) groups excluding carboxylic acids is 2. The van der Waals surface area contributed by atoms with Crippen molar-refractivity contribution in [2.24, 2.45) is 5.41 Å². The van der Waals surface area contributed by atoms with Crippen molar-refractivity contribution in [1.82, 2.24) is 4.90 Å². The molecule has 0 radical (unpaired) electrons. The first-order chi connectivity index (χ1) is 15.3. The van der Waals surface area contributed by atoms with Crippen LogP contribution in [0.5, 0.6) is 11.5 Å². The van der Waals surface area contributed by atoms with E-state index in [2.05, 4.69) is 0 Å². The third kappa shape index (κ3) is 4.36. The second-order valence-corrected chi connectivity index (χ2v) is 9.59. The highest BCUT2D eigenvalue weighted by Crippen LogP contribution is 2.46. The van der Waals surface area contributed by atoms with Gasteiger partial charge in [0.2, 0.25) is 0 Å². The zero-order valence-electron chi connectivity index (χ0n) is 18.9. The molecule has 0 bridgehead atoms. The van der Waals surface area contributed by atoms with E-state index in [1.54, 1.807) is 43.2 Å². The van der Waals surface area contributed by atoms with Crippen LogP contribution in [0.25, 0.3) is 0 Å². The summed E-state index contributed by atoms with van der Waals surface area (Å²) in [6.45, 7) is 4.41. The molecule has 2 atom stereocenters. The van der Waals surface area contributed by atoms with Gasteiger partial charge in [0.05, 0.1) is 18.6 Å². The quantitative estimate of drug-likeness (QED) is 0.576. The zero-order valence-corrected chi connectivity index (χ0v) is 19.7. The van der Waals surface area contributed by atoms with Crippen molar-refractivity contribution < 1.29 is 19.1 Å². The van der Waals surface area contributed by atoms with Gasteiger partial charge < -0.3 is 14.4 Å². The van der Waals surface area contributed by atoms with E-state index in [9.17, 15) is 9.59 Å². The van der Waals surface area contributed by atoms with Gasteiger partial charge in [-0.3, -0.25) is 9.59 Å². The lowest BCUT2D eigenvalue weighted by molar-refractivity contribution is -0.125. The van der Waals surface area contributed by atoms with Crippen molar-refractivity contribution >= 4 is 23.3 Å². The Morgan fingerprint density at radius 3 is 2.38 bits per heavy atom. The normalized spacial score (nSPS) is 23.4. The minimum atomic E-state index is -0.679. The van der Waals surface area contributed by atoms with Crippen LogP contribution in [0.4, 0.5) is 0 Å². The molecule has 2 fully saturated rings. The molecule has 5 nitrogen and oxygen atoms in total. The molecule has 1 heterocycles. The van der Waals surface area contributed by atoms with Gasteiger partial charge in [-0.1, -0.05) is 24.6 Å². The summed E-state index contributed by atoms with van der Waals surface area (Å²) in [6.07, 6.45) is 4.65. The molecule has 1 saturated heterocycles. The number of Topliss-reactive ketones (excluding diaryl/α,β-unsaturated/α-hetero) is 1. The first-order valence-corrected chi connectivity index (χ1v) is 11.6. The molecule has 6 heteroatoms. The highest BCUT2D eigenvalue weighted by Gasteiger charge is 2.48. The Balaban J connectivity index is 1.64. The average Bonchev–Trinajstić information content (AvgIpc) is 3.42. The van der Waals surface area contributed by atoms with Crippen LogP contribution in [0, 0.1) is 5.41 Å². The van der Waals surface area contributed by atoms with Crippen molar-refractivity contribution in [2.75, 3.05) is 20.2 Å². The number of benzene rings is 2. The van der Waals surface area contributed by atoms with Crippen LogP contribution >= 0.6 is 11.6 Å². The van der Waals surface area contributed by atoms with Crippen LogP contribution in [0.1, 0.15) is 61.4 Å². The zero-order chi connectivity index (χ0) is 22.9. The minimum Gasteiger partial charge on any atom is -0.493 e. The fourth-order valence-corrected chi connectivity index (χ4v) is 5.07. The van der Waals surface area contributed by atoms with Gasteiger partial charge in [-0.15, -0.1) is 0 Å². The SMILES string of the molecule is COc1ccc(C2CN(C(=O)c3ccc(Cl)cc3)CC2(C)C(C)=O)cc1OC1CCCC1. The molecule has 32 heavy (non-hydrogen) atoms. The number of hydrogen-bond acceptors (Lipinski definition) is 4. The van der Waals surface area contributed by atoms with E-state index in [-0.39, 0.29) is 23.7 Å². The monoisotopic (exact) mass is 455 g/mol. The van der Waals surface area contributed by atoms with Crippen LogP contribution in [-0.2, 0) is 4.79 Å². The van der Waals surface area contributed by atoms with E-state index in [1.165, 1.54) is 12.8 Å². The highest BCUT2D eigenvalue weighted by atomic mass is 35.5. The fraction of sp³-hybridized carbons (Fsp3) is 0.462. The summed E-state index contributed by atoms with van der Waals surface area (Å²) < 4.78 is 11.8. The Morgan fingerprint density at radius 2 is 1.75 bits per heavy atom. The van der Waals surface area contributed by atoms with Crippen molar-refractivity contribution in [2.45, 2.75) is 51.6 Å². The lowest BCUT2D eigenvalue weighted by Crippen LogP contribution is -2.35. The molecule has 1 aliphatic carbocycles.